The van der Waals surface area contributed by atoms with Crippen LogP contribution in [0.2, 0.25) is 0 Å². The van der Waals surface area contributed by atoms with Crippen LogP contribution < -0.4 is 5.73 Å². The third kappa shape index (κ3) is 1.68. The van der Waals surface area contributed by atoms with Crippen LogP contribution in [0.5, 0.6) is 0 Å². The lowest BCUT2D eigenvalue weighted by Gasteiger charge is -2.32. The van der Waals surface area contributed by atoms with Gasteiger partial charge in [0.1, 0.15) is 0 Å². The van der Waals surface area contributed by atoms with Crippen LogP contribution in [0, 0.1) is 6.92 Å². The zero-order valence-electron chi connectivity index (χ0n) is 8.59. The molecule has 0 amide bonds. The highest BCUT2D eigenvalue weighted by molar-refractivity contribution is 5.35. The SMILES string of the molecule is Cc1ccc2c(c1)CCC(O)(CN)C2. The van der Waals surface area contributed by atoms with Crippen molar-refractivity contribution in [1.82, 2.24) is 0 Å². The second-order valence-electron chi connectivity index (χ2n) is 4.38. The van der Waals surface area contributed by atoms with Crippen LogP contribution >= 0.6 is 0 Å². The van der Waals surface area contributed by atoms with Crippen LogP contribution in [-0.4, -0.2) is 17.3 Å². The van der Waals surface area contributed by atoms with Crippen molar-refractivity contribution in [2.24, 2.45) is 5.73 Å². The molecule has 1 aromatic rings. The van der Waals surface area contributed by atoms with Gasteiger partial charge in [0.05, 0.1) is 5.60 Å². The number of benzene rings is 1. The predicted octanol–water partition coefficient (Wildman–Crippen LogP) is 1.17. The summed E-state index contributed by atoms with van der Waals surface area (Å²) in [4.78, 5) is 0. The van der Waals surface area contributed by atoms with Gasteiger partial charge >= 0.3 is 0 Å². The second-order valence-corrected chi connectivity index (χ2v) is 4.38. The van der Waals surface area contributed by atoms with E-state index < -0.39 is 5.60 Å². The average molecular weight is 191 g/mol. The minimum atomic E-state index is -0.664. The monoisotopic (exact) mass is 191 g/mol. The Morgan fingerprint density at radius 1 is 1.43 bits per heavy atom. The molecule has 0 saturated carbocycles. The van der Waals surface area contributed by atoms with E-state index in [4.69, 9.17) is 5.73 Å². The molecule has 0 aromatic heterocycles. The zero-order valence-corrected chi connectivity index (χ0v) is 8.59. The maximum atomic E-state index is 10.1. The van der Waals surface area contributed by atoms with Crippen LogP contribution in [0.4, 0.5) is 0 Å². The van der Waals surface area contributed by atoms with Gasteiger partial charge in [-0.25, -0.2) is 0 Å². The number of aliphatic hydroxyl groups is 1. The smallest absolute Gasteiger partial charge is 0.0812 e. The lowest BCUT2D eigenvalue weighted by Crippen LogP contribution is -2.42. The molecular formula is C12H17NO. The van der Waals surface area contributed by atoms with Crippen molar-refractivity contribution < 1.29 is 5.11 Å². The van der Waals surface area contributed by atoms with Crippen molar-refractivity contribution in [3.63, 3.8) is 0 Å². The van der Waals surface area contributed by atoms with Crippen molar-refractivity contribution in [3.8, 4) is 0 Å². The molecule has 0 bridgehead atoms. The zero-order chi connectivity index (χ0) is 10.2. The van der Waals surface area contributed by atoms with Gasteiger partial charge in [-0.1, -0.05) is 23.8 Å². The van der Waals surface area contributed by atoms with E-state index in [2.05, 4.69) is 25.1 Å². The fraction of sp³-hybridized carbons (Fsp3) is 0.500. The maximum Gasteiger partial charge on any atom is 0.0812 e. The Labute approximate surface area is 84.7 Å². The van der Waals surface area contributed by atoms with E-state index in [-0.39, 0.29) is 0 Å². The molecular weight excluding hydrogens is 174 g/mol. The van der Waals surface area contributed by atoms with Gasteiger partial charge in [-0.3, -0.25) is 0 Å². The molecule has 0 saturated heterocycles. The van der Waals surface area contributed by atoms with Gasteiger partial charge in [0.15, 0.2) is 0 Å². The standard InChI is InChI=1S/C12H17NO/c1-9-2-3-11-7-12(14,8-13)5-4-10(11)6-9/h2-3,6,14H,4-5,7-8,13H2,1H3. The minimum absolute atomic E-state index is 0.361. The normalized spacial score (nSPS) is 25.9. The number of fused-ring (bicyclic) bond motifs is 1. The minimum Gasteiger partial charge on any atom is -0.388 e. The maximum absolute atomic E-state index is 10.1. The van der Waals surface area contributed by atoms with Gasteiger partial charge in [0.2, 0.25) is 0 Å². The number of nitrogens with two attached hydrogens (primary N) is 1. The van der Waals surface area contributed by atoms with E-state index in [9.17, 15) is 5.11 Å². The quantitative estimate of drug-likeness (QED) is 0.700. The molecule has 0 radical (unpaired) electrons. The van der Waals surface area contributed by atoms with Crippen molar-refractivity contribution in [1.29, 1.82) is 0 Å². The summed E-state index contributed by atoms with van der Waals surface area (Å²) in [6.45, 7) is 2.46. The topological polar surface area (TPSA) is 46.2 Å². The summed E-state index contributed by atoms with van der Waals surface area (Å²) in [6.07, 6.45) is 2.45. The van der Waals surface area contributed by atoms with Gasteiger partial charge in [0.25, 0.3) is 0 Å². The fourth-order valence-corrected chi connectivity index (χ4v) is 2.14. The lowest BCUT2D eigenvalue weighted by molar-refractivity contribution is 0.0353. The summed E-state index contributed by atoms with van der Waals surface area (Å²) < 4.78 is 0. The first-order chi connectivity index (χ1) is 6.63. The fourth-order valence-electron chi connectivity index (χ4n) is 2.14. The van der Waals surface area contributed by atoms with Gasteiger partial charge in [-0.05, 0) is 30.9 Å². The second kappa shape index (κ2) is 3.37. The van der Waals surface area contributed by atoms with E-state index in [1.807, 2.05) is 0 Å². The van der Waals surface area contributed by atoms with Gasteiger partial charge in [0, 0.05) is 13.0 Å². The molecule has 2 rings (SSSR count). The van der Waals surface area contributed by atoms with Gasteiger partial charge in [-0.15, -0.1) is 0 Å². The molecule has 0 aliphatic heterocycles. The summed E-state index contributed by atoms with van der Waals surface area (Å²) in [5, 5.41) is 10.1. The number of aryl methyl sites for hydroxylation is 2. The van der Waals surface area contributed by atoms with Crippen LogP contribution in [0.1, 0.15) is 23.1 Å². The molecule has 3 N–H and O–H groups in total. The van der Waals surface area contributed by atoms with Crippen LogP contribution in [0.25, 0.3) is 0 Å². The predicted molar refractivity (Wildman–Crippen MR) is 57.2 cm³/mol. The van der Waals surface area contributed by atoms with Crippen molar-refractivity contribution in [2.75, 3.05) is 6.54 Å². The largest absolute Gasteiger partial charge is 0.388 e. The Bertz CT molecular complexity index is 348. The summed E-state index contributed by atoms with van der Waals surface area (Å²) in [5.74, 6) is 0. The molecule has 1 unspecified atom stereocenters. The van der Waals surface area contributed by atoms with Gasteiger partial charge in [-0.2, -0.15) is 0 Å². The average Bonchev–Trinajstić information content (AvgIpc) is 2.19. The third-order valence-corrected chi connectivity index (χ3v) is 3.12. The third-order valence-electron chi connectivity index (χ3n) is 3.12. The highest BCUT2D eigenvalue weighted by Crippen LogP contribution is 2.28. The Morgan fingerprint density at radius 2 is 2.21 bits per heavy atom. The molecule has 1 aromatic carbocycles. The summed E-state index contributed by atoms with van der Waals surface area (Å²) >= 11 is 0. The molecule has 0 heterocycles. The number of hydrogen-bond acceptors (Lipinski definition) is 2. The Hall–Kier alpha value is -0.860. The number of hydrogen-bond donors (Lipinski definition) is 2. The number of rotatable bonds is 1. The Kier molecular flexibility index (Phi) is 2.33. The molecule has 0 fully saturated rings. The van der Waals surface area contributed by atoms with Crippen LogP contribution in [0.3, 0.4) is 0 Å². The molecule has 1 atom stereocenters. The Balaban J connectivity index is 2.31. The molecule has 14 heavy (non-hydrogen) atoms. The summed E-state index contributed by atoms with van der Waals surface area (Å²) in [7, 11) is 0. The van der Waals surface area contributed by atoms with E-state index in [0.717, 1.165) is 12.8 Å². The van der Waals surface area contributed by atoms with E-state index in [0.29, 0.717) is 13.0 Å². The van der Waals surface area contributed by atoms with E-state index >= 15 is 0 Å². The molecule has 76 valence electrons. The van der Waals surface area contributed by atoms with Crippen molar-refractivity contribution in [2.45, 2.75) is 31.8 Å². The van der Waals surface area contributed by atoms with Crippen LogP contribution in [-0.2, 0) is 12.8 Å². The lowest BCUT2D eigenvalue weighted by atomic mass is 9.80. The molecule has 1 aliphatic carbocycles. The van der Waals surface area contributed by atoms with Crippen molar-refractivity contribution >= 4 is 0 Å². The Morgan fingerprint density at radius 3 is 2.93 bits per heavy atom. The molecule has 2 heteroatoms. The first kappa shape index (κ1) is 9.69. The highest BCUT2D eigenvalue weighted by atomic mass is 16.3. The van der Waals surface area contributed by atoms with Gasteiger partial charge < -0.3 is 10.8 Å². The molecule has 0 spiro atoms. The molecule has 2 nitrogen and oxygen atoms in total. The van der Waals surface area contributed by atoms with E-state index in [1.165, 1.54) is 16.7 Å². The first-order valence-electron chi connectivity index (χ1n) is 5.14. The highest BCUT2D eigenvalue weighted by Gasteiger charge is 2.30. The first-order valence-corrected chi connectivity index (χ1v) is 5.14. The van der Waals surface area contributed by atoms with Crippen LogP contribution in [0.15, 0.2) is 18.2 Å². The summed E-state index contributed by atoms with van der Waals surface area (Å²) in [5.41, 5.74) is 8.84. The molecule has 1 aliphatic rings. The van der Waals surface area contributed by atoms with E-state index in [1.54, 1.807) is 0 Å². The summed E-state index contributed by atoms with van der Waals surface area (Å²) in [6, 6.07) is 6.43. The van der Waals surface area contributed by atoms with Crippen molar-refractivity contribution in [3.05, 3.63) is 34.9 Å².